The highest BCUT2D eigenvalue weighted by Gasteiger charge is 2.47. The third kappa shape index (κ3) is 13.3. The molecule has 244 valence electrons. The van der Waals surface area contributed by atoms with Crippen LogP contribution in [0.4, 0.5) is 13.6 Å². The molecule has 2 aliphatic rings. The fourth-order valence-corrected chi connectivity index (χ4v) is 4.85. The van der Waals surface area contributed by atoms with Gasteiger partial charge in [0.1, 0.15) is 17.2 Å². The van der Waals surface area contributed by atoms with E-state index in [9.17, 15) is 18.4 Å². The van der Waals surface area contributed by atoms with Crippen LogP contribution >= 0.6 is 23.0 Å². The zero-order valence-corrected chi connectivity index (χ0v) is 28.8. The summed E-state index contributed by atoms with van der Waals surface area (Å²) < 4.78 is 39.8. The summed E-state index contributed by atoms with van der Waals surface area (Å²) in [6.07, 6.45) is 8.21. The third-order valence-electron chi connectivity index (χ3n) is 7.13. The Labute approximate surface area is 276 Å². The summed E-state index contributed by atoms with van der Waals surface area (Å²) in [6, 6.07) is 4.31. The number of piperidine rings is 1. The average Bonchev–Trinajstić information content (AvgIpc) is 3.34. The van der Waals surface area contributed by atoms with Crippen molar-refractivity contribution in [3.05, 3.63) is 96.5 Å². The zero-order chi connectivity index (χ0) is 33.3. The van der Waals surface area contributed by atoms with E-state index in [1.165, 1.54) is 28.6 Å². The Morgan fingerprint density at radius 3 is 2.23 bits per heavy atom. The zero-order valence-electron chi connectivity index (χ0n) is 26.7. The number of nitrogens with zero attached hydrogens (tertiary/aromatic N) is 2. The molecular formula is C34H47F2IN2O5. The standard InChI is InChI=1S/C26H37IN2O5.C6H4F2.C2H6/c1-7-32-23(6)21(4)17-19(2)11-14-28-15-12-26(13-16-28)18-29(25(31)33-26)22(5)10-8-9-20(3)24(30)34-27;7-5-1-2-6(8)4-3-5;1-2/h8,10-11,21H,3,5-7,9,12-18H2,1-2,4H3;1-4H;1-2H3/b10-8?,19-11+;;. The number of ether oxygens (including phenoxy) is 2. The Kier molecular flexibility index (Phi) is 17.8. The van der Waals surface area contributed by atoms with Crippen LogP contribution in [0.1, 0.15) is 60.3 Å². The minimum atomic E-state index is -0.471. The lowest BCUT2D eigenvalue weighted by Crippen LogP contribution is -2.46. The summed E-state index contributed by atoms with van der Waals surface area (Å²) in [7, 11) is 0. The maximum Gasteiger partial charge on any atom is 0.415 e. The Hall–Kier alpha value is -2.99. The Bertz CT molecular complexity index is 1150. The van der Waals surface area contributed by atoms with Gasteiger partial charge in [0.2, 0.25) is 0 Å². The molecule has 1 aromatic rings. The molecule has 0 N–H and O–H groups in total. The number of hydrogen-bond acceptors (Lipinski definition) is 6. The number of rotatable bonds is 12. The van der Waals surface area contributed by atoms with Crippen molar-refractivity contribution in [1.29, 1.82) is 0 Å². The van der Waals surface area contributed by atoms with Crippen LogP contribution in [0, 0.1) is 17.6 Å². The van der Waals surface area contributed by atoms with Crippen molar-refractivity contribution >= 4 is 35.1 Å². The predicted octanol–water partition coefficient (Wildman–Crippen LogP) is 8.70. The van der Waals surface area contributed by atoms with Crippen molar-refractivity contribution in [1.82, 2.24) is 9.80 Å². The van der Waals surface area contributed by atoms with Gasteiger partial charge in [0.15, 0.2) is 23.0 Å². The van der Waals surface area contributed by atoms with Gasteiger partial charge in [-0.15, -0.1) is 0 Å². The third-order valence-corrected chi connectivity index (χ3v) is 7.53. The van der Waals surface area contributed by atoms with Crippen LogP contribution in [-0.4, -0.2) is 60.2 Å². The van der Waals surface area contributed by atoms with Crippen LogP contribution in [-0.2, 0) is 17.3 Å². The van der Waals surface area contributed by atoms with Gasteiger partial charge >= 0.3 is 12.1 Å². The summed E-state index contributed by atoms with van der Waals surface area (Å²) in [5, 5.41) is 0. The molecule has 0 saturated carbocycles. The van der Waals surface area contributed by atoms with Crippen LogP contribution in [0.25, 0.3) is 0 Å². The van der Waals surface area contributed by atoms with Gasteiger partial charge in [-0.25, -0.2) is 18.4 Å². The van der Waals surface area contributed by atoms with Crippen molar-refractivity contribution in [2.45, 2.75) is 65.9 Å². The molecule has 2 fully saturated rings. The lowest BCUT2D eigenvalue weighted by Gasteiger charge is -2.37. The highest BCUT2D eigenvalue weighted by Crippen LogP contribution is 2.35. The molecule has 0 aliphatic carbocycles. The highest BCUT2D eigenvalue weighted by atomic mass is 127. The normalized spacial score (nSPS) is 16.7. The topological polar surface area (TPSA) is 68.3 Å². The number of halogens is 3. The molecule has 44 heavy (non-hydrogen) atoms. The average molecular weight is 729 g/mol. The van der Waals surface area contributed by atoms with E-state index in [-0.39, 0.29) is 6.09 Å². The molecule has 2 heterocycles. The second kappa shape index (κ2) is 20.1. The van der Waals surface area contributed by atoms with Crippen LogP contribution < -0.4 is 0 Å². The van der Waals surface area contributed by atoms with Crippen molar-refractivity contribution in [3.8, 4) is 0 Å². The van der Waals surface area contributed by atoms with Crippen molar-refractivity contribution < 1.29 is 30.9 Å². The molecule has 1 unspecified atom stereocenters. The van der Waals surface area contributed by atoms with Crippen LogP contribution in [0.2, 0.25) is 0 Å². The highest BCUT2D eigenvalue weighted by molar-refractivity contribution is 14.1. The number of amides is 1. The van der Waals surface area contributed by atoms with E-state index in [1.807, 2.05) is 20.8 Å². The quantitative estimate of drug-likeness (QED) is 0.0706. The fraction of sp³-hybridized carbons (Fsp3) is 0.471. The summed E-state index contributed by atoms with van der Waals surface area (Å²) in [6.45, 7) is 25.7. The number of allylic oxidation sites excluding steroid dienone is 4. The first-order valence-electron chi connectivity index (χ1n) is 14.9. The van der Waals surface area contributed by atoms with Gasteiger partial charge in [0.05, 0.1) is 18.9 Å². The number of hydrogen-bond donors (Lipinski definition) is 0. The van der Waals surface area contributed by atoms with E-state index in [1.54, 1.807) is 17.1 Å². The van der Waals surface area contributed by atoms with E-state index >= 15 is 0 Å². The van der Waals surface area contributed by atoms with Crippen molar-refractivity contribution in [3.63, 3.8) is 0 Å². The SMILES string of the molecule is C=C(CC=CC(=C)N1CC2(CCN(C/C=C(\C)CC(C)C(=C)OCC)CC2)OC1=O)C(=O)OI.CC.Fc1ccc(F)cc1. The van der Waals surface area contributed by atoms with Gasteiger partial charge in [0, 0.05) is 49.7 Å². The molecule has 10 heteroatoms. The first-order chi connectivity index (χ1) is 20.9. The van der Waals surface area contributed by atoms with E-state index in [0.29, 0.717) is 36.8 Å². The number of likely N-dealkylation sites (tertiary alicyclic amines) is 1. The molecule has 1 spiro atoms. The van der Waals surface area contributed by atoms with Crippen molar-refractivity contribution in [2.24, 2.45) is 5.92 Å². The molecule has 3 rings (SSSR count). The molecule has 1 amide bonds. The Morgan fingerprint density at radius 1 is 1.14 bits per heavy atom. The molecule has 0 radical (unpaired) electrons. The predicted molar refractivity (Wildman–Crippen MR) is 180 cm³/mol. The van der Waals surface area contributed by atoms with Crippen LogP contribution in [0.15, 0.2) is 84.8 Å². The minimum absolute atomic E-state index is 0.296. The molecule has 0 bridgehead atoms. The molecule has 2 saturated heterocycles. The fourth-order valence-electron chi connectivity index (χ4n) is 4.53. The summed E-state index contributed by atoms with van der Waals surface area (Å²) >= 11 is 1.53. The summed E-state index contributed by atoms with van der Waals surface area (Å²) in [5.41, 5.74) is 1.73. The van der Waals surface area contributed by atoms with E-state index in [0.717, 1.165) is 68.9 Å². The number of carbonyl (C=O) groups excluding carboxylic acids is 2. The van der Waals surface area contributed by atoms with Gasteiger partial charge in [-0.05, 0) is 57.0 Å². The Balaban J connectivity index is 0.000000824. The summed E-state index contributed by atoms with van der Waals surface area (Å²) in [4.78, 5) is 27.9. The van der Waals surface area contributed by atoms with Crippen LogP contribution in [0.5, 0.6) is 0 Å². The molecule has 1 aromatic carbocycles. The first-order valence-corrected chi connectivity index (χ1v) is 15.7. The summed E-state index contributed by atoms with van der Waals surface area (Å²) in [5.74, 6) is -0.146. The van der Waals surface area contributed by atoms with Gasteiger partial charge in [-0.2, -0.15) is 0 Å². The monoisotopic (exact) mass is 728 g/mol. The molecule has 0 aromatic heterocycles. The number of benzene rings is 1. The van der Waals surface area contributed by atoms with Gasteiger partial charge in [-0.3, -0.25) is 9.80 Å². The second-order valence-corrected chi connectivity index (χ2v) is 10.9. The van der Waals surface area contributed by atoms with Crippen molar-refractivity contribution in [2.75, 3.05) is 32.8 Å². The maximum atomic E-state index is 12.5. The second-order valence-electron chi connectivity index (χ2n) is 10.5. The van der Waals surface area contributed by atoms with Gasteiger partial charge in [-0.1, -0.05) is 58.2 Å². The van der Waals surface area contributed by atoms with E-state index < -0.39 is 23.2 Å². The van der Waals surface area contributed by atoms with Crippen LogP contribution in [0.3, 0.4) is 0 Å². The largest absolute Gasteiger partial charge is 0.499 e. The molecule has 1 atom stereocenters. The molecule has 2 aliphatic heterocycles. The Morgan fingerprint density at radius 2 is 1.70 bits per heavy atom. The van der Waals surface area contributed by atoms with E-state index in [2.05, 4.69) is 47.6 Å². The number of carbonyl (C=O) groups is 2. The van der Waals surface area contributed by atoms with Gasteiger partial charge < -0.3 is 12.5 Å². The van der Waals surface area contributed by atoms with E-state index in [4.69, 9.17) is 9.47 Å². The lowest BCUT2D eigenvalue weighted by molar-refractivity contribution is -0.127. The van der Waals surface area contributed by atoms with Gasteiger partial charge in [0.25, 0.3) is 0 Å². The smallest absolute Gasteiger partial charge is 0.415 e. The first kappa shape index (κ1) is 39.0. The lowest BCUT2D eigenvalue weighted by atomic mass is 9.91. The molecular weight excluding hydrogens is 681 g/mol. The molecule has 7 nitrogen and oxygen atoms in total. The maximum absolute atomic E-state index is 12.5. The minimum Gasteiger partial charge on any atom is -0.499 e.